The highest BCUT2D eigenvalue weighted by Gasteiger charge is 2.34. The van der Waals surface area contributed by atoms with Gasteiger partial charge in [0.15, 0.2) is 4.77 Å². The fourth-order valence-corrected chi connectivity index (χ4v) is 2.92. The third-order valence-corrected chi connectivity index (χ3v) is 4.52. The molecule has 0 saturated heterocycles. The molecule has 18 heavy (non-hydrogen) atoms. The number of nitrogens with one attached hydrogen (secondary N) is 1. The van der Waals surface area contributed by atoms with E-state index < -0.39 is 0 Å². The molecule has 0 spiro atoms. The molecule has 0 amide bonds. The summed E-state index contributed by atoms with van der Waals surface area (Å²) in [5, 5.41) is 7.51. The first-order valence-electron chi connectivity index (χ1n) is 7.23. The van der Waals surface area contributed by atoms with Crippen molar-refractivity contribution in [3.63, 3.8) is 0 Å². The summed E-state index contributed by atoms with van der Waals surface area (Å²) in [6.07, 6.45) is 8.13. The Balaban J connectivity index is 1.61. The largest absolute Gasteiger partial charge is 0.340 e. The van der Waals surface area contributed by atoms with Crippen molar-refractivity contribution in [3.8, 4) is 0 Å². The van der Waals surface area contributed by atoms with Crippen LogP contribution in [0.25, 0.3) is 0 Å². The van der Waals surface area contributed by atoms with E-state index in [-0.39, 0.29) is 0 Å². The monoisotopic (exact) mass is 264 g/mol. The minimum atomic E-state index is 0.618. The van der Waals surface area contributed by atoms with E-state index in [1.54, 1.807) is 0 Å². The van der Waals surface area contributed by atoms with Crippen molar-refractivity contribution < 1.29 is 0 Å². The zero-order valence-electron chi connectivity index (χ0n) is 10.6. The lowest BCUT2D eigenvalue weighted by atomic mass is 10.3. The second kappa shape index (κ2) is 4.08. The molecule has 0 atom stereocenters. The summed E-state index contributed by atoms with van der Waals surface area (Å²) < 4.78 is 3.07. The van der Waals surface area contributed by atoms with Gasteiger partial charge in [0.2, 0.25) is 5.95 Å². The highest BCUT2D eigenvalue weighted by molar-refractivity contribution is 7.71. The number of aromatic amines is 1. The zero-order chi connectivity index (χ0) is 12.1. The Morgan fingerprint density at radius 1 is 1.11 bits per heavy atom. The van der Waals surface area contributed by atoms with Crippen LogP contribution in [0.2, 0.25) is 0 Å². The Bertz CT molecular complexity index is 479. The lowest BCUT2D eigenvalue weighted by molar-refractivity contribution is 0.625. The summed E-state index contributed by atoms with van der Waals surface area (Å²) in [5.74, 6) is 2.92. The van der Waals surface area contributed by atoms with Crippen LogP contribution in [-0.2, 0) is 0 Å². The van der Waals surface area contributed by atoms with Gasteiger partial charge in [-0.05, 0) is 62.6 Å². The van der Waals surface area contributed by atoms with Crippen molar-refractivity contribution in [3.05, 3.63) is 4.77 Å². The Hall–Kier alpha value is -0.840. The summed E-state index contributed by atoms with van der Waals surface area (Å²) in [6.45, 7) is 2.37. The number of hydrogen-bond acceptors (Lipinski definition) is 3. The number of aromatic nitrogens is 3. The molecule has 1 N–H and O–H groups in total. The van der Waals surface area contributed by atoms with Crippen LogP contribution < -0.4 is 4.90 Å². The Morgan fingerprint density at radius 2 is 1.72 bits per heavy atom. The van der Waals surface area contributed by atoms with E-state index in [9.17, 15) is 0 Å². The van der Waals surface area contributed by atoms with Crippen molar-refractivity contribution in [1.82, 2.24) is 14.8 Å². The molecule has 1 aromatic heterocycles. The standard InChI is InChI=1S/C13H20N4S/c18-13-15-14-12(17(13)11-5-6-11)16(7-9-1-2-9)8-10-3-4-10/h9-11H,1-8H2,(H,15,18). The molecule has 4 nitrogen and oxygen atoms in total. The lowest BCUT2D eigenvalue weighted by Gasteiger charge is -2.23. The third-order valence-electron chi connectivity index (χ3n) is 4.23. The quantitative estimate of drug-likeness (QED) is 0.803. The summed E-state index contributed by atoms with van der Waals surface area (Å²) in [5.41, 5.74) is 0. The molecule has 0 unspecified atom stereocenters. The zero-order valence-corrected chi connectivity index (χ0v) is 11.5. The van der Waals surface area contributed by atoms with Gasteiger partial charge >= 0.3 is 0 Å². The molecular weight excluding hydrogens is 244 g/mol. The van der Waals surface area contributed by atoms with Crippen LogP contribution in [0.5, 0.6) is 0 Å². The smallest absolute Gasteiger partial charge is 0.225 e. The van der Waals surface area contributed by atoms with Gasteiger partial charge in [-0.1, -0.05) is 0 Å². The van der Waals surface area contributed by atoms with Gasteiger partial charge in [0.1, 0.15) is 0 Å². The maximum Gasteiger partial charge on any atom is 0.225 e. The van der Waals surface area contributed by atoms with E-state index in [4.69, 9.17) is 12.2 Å². The number of anilines is 1. The van der Waals surface area contributed by atoms with Gasteiger partial charge in [-0.25, -0.2) is 5.10 Å². The predicted molar refractivity (Wildman–Crippen MR) is 73.3 cm³/mol. The normalized spacial score (nSPS) is 23.3. The molecular formula is C13H20N4S. The Morgan fingerprint density at radius 3 is 2.22 bits per heavy atom. The number of nitrogens with zero attached hydrogens (tertiary/aromatic N) is 3. The first kappa shape index (κ1) is 11.0. The highest BCUT2D eigenvalue weighted by Crippen LogP contribution is 2.40. The van der Waals surface area contributed by atoms with Gasteiger partial charge < -0.3 is 4.90 Å². The van der Waals surface area contributed by atoms with E-state index in [0.717, 1.165) is 22.6 Å². The van der Waals surface area contributed by atoms with Gasteiger partial charge in [-0.3, -0.25) is 4.57 Å². The van der Waals surface area contributed by atoms with E-state index in [0.29, 0.717) is 6.04 Å². The van der Waals surface area contributed by atoms with Gasteiger partial charge in [-0.15, -0.1) is 5.10 Å². The van der Waals surface area contributed by atoms with Gasteiger partial charge in [0.25, 0.3) is 0 Å². The molecule has 1 aromatic rings. The first-order valence-corrected chi connectivity index (χ1v) is 7.64. The second-order valence-corrected chi connectivity index (χ2v) is 6.61. The fourth-order valence-electron chi connectivity index (χ4n) is 2.64. The Labute approximate surface area is 112 Å². The minimum Gasteiger partial charge on any atom is -0.340 e. The van der Waals surface area contributed by atoms with E-state index in [1.165, 1.54) is 51.6 Å². The van der Waals surface area contributed by atoms with Crippen molar-refractivity contribution in [2.24, 2.45) is 11.8 Å². The summed E-state index contributed by atoms with van der Waals surface area (Å²) in [6, 6.07) is 0.618. The van der Waals surface area contributed by atoms with Crippen molar-refractivity contribution in [2.75, 3.05) is 18.0 Å². The SMILES string of the molecule is S=c1[nH]nc(N(CC2CC2)CC2CC2)n1C1CC1. The molecule has 98 valence electrons. The topological polar surface area (TPSA) is 36.9 Å². The summed E-state index contributed by atoms with van der Waals surface area (Å²) in [4.78, 5) is 2.50. The molecule has 0 aromatic carbocycles. The van der Waals surface area contributed by atoms with Gasteiger partial charge in [0.05, 0.1) is 0 Å². The van der Waals surface area contributed by atoms with Crippen LogP contribution in [0.15, 0.2) is 0 Å². The summed E-state index contributed by atoms with van der Waals surface area (Å²) >= 11 is 5.39. The van der Waals surface area contributed by atoms with Gasteiger partial charge in [-0.2, -0.15) is 0 Å². The van der Waals surface area contributed by atoms with Crippen LogP contribution in [0.4, 0.5) is 5.95 Å². The molecule has 4 rings (SSSR count). The molecule has 3 aliphatic rings. The first-order chi connectivity index (χ1) is 8.81. The third kappa shape index (κ3) is 2.20. The number of H-pyrrole nitrogens is 1. The minimum absolute atomic E-state index is 0.618. The van der Waals surface area contributed by atoms with Gasteiger partial charge in [0, 0.05) is 19.1 Å². The molecule has 0 aliphatic heterocycles. The molecule has 3 aliphatic carbocycles. The van der Waals surface area contributed by atoms with Crippen LogP contribution in [-0.4, -0.2) is 27.9 Å². The second-order valence-electron chi connectivity index (χ2n) is 6.22. The maximum atomic E-state index is 5.39. The lowest BCUT2D eigenvalue weighted by Crippen LogP contribution is -2.30. The highest BCUT2D eigenvalue weighted by atomic mass is 32.1. The van der Waals surface area contributed by atoms with Crippen molar-refractivity contribution >= 4 is 18.2 Å². The van der Waals surface area contributed by atoms with Crippen molar-refractivity contribution in [2.45, 2.75) is 44.6 Å². The van der Waals surface area contributed by atoms with Crippen LogP contribution >= 0.6 is 12.2 Å². The molecule has 0 radical (unpaired) electrons. The van der Waals surface area contributed by atoms with Crippen LogP contribution in [0.3, 0.4) is 0 Å². The van der Waals surface area contributed by atoms with E-state index in [2.05, 4.69) is 19.7 Å². The molecule has 0 bridgehead atoms. The predicted octanol–water partition coefficient (Wildman–Crippen LogP) is 2.90. The average molecular weight is 264 g/mol. The number of rotatable bonds is 6. The maximum absolute atomic E-state index is 5.39. The van der Waals surface area contributed by atoms with Crippen LogP contribution in [0.1, 0.15) is 44.6 Å². The summed E-state index contributed by atoms with van der Waals surface area (Å²) in [7, 11) is 0. The van der Waals surface area contributed by atoms with Crippen LogP contribution in [0, 0.1) is 16.6 Å². The molecule has 5 heteroatoms. The van der Waals surface area contributed by atoms with E-state index in [1.807, 2.05) is 0 Å². The molecule has 3 saturated carbocycles. The average Bonchev–Trinajstić information content (AvgIpc) is 3.20. The number of hydrogen-bond donors (Lipinski definition) is 1. The molecule has 1 heterocycles. The Kier molecular flexibility index (Phi) is 2.50. The fraction of sp³-hybridized carbons (Fsp3) is 0.846. The molecule has 3 fully saturated rings. The van der Waals surface area contributed by atoms with Crippen molar-refractivity contribution in [1.29, 1.82) is 0 Å². The van der Waals surface area contributed by atoms with E-state index >= 15 is 0 Å².